The molecule has 2 aromatic carbocycles. The van der Waals surface area contributed by atoms with Crippen molar-refractivity contribution in [2.24, 2.45) is 0 Å². The van der Waals surface area contributed by atoms with Crippen molar-refractivity contribution in [3.05, 3.63) is 65.9 Å². The summed E-state index contributed by atoms with van der Waals surface area (Å²) in [5, 5.41) is 1.07. The number of aromatic nitrogens is 1. The summed E-state index contributed by atoms with van der Waals surface area (Å²) in [4.78, 5) is 4.46. The summed E-state index contributed by atoms with van der Waals surface area (Å²) in [7, 11) is 0. The van der Waals surface area contributed by atoms with E-state index in [1.54, 1.807) is 6.20 Å². The molecule has 26 heavy (non-hydrogen) atoms. The molecule has 0 aliphatic carbocycles. The summed E-state index contributed by atoms with van der Waals surface area (Å²) in [6.45, 7) is 3.38. The number of benzene rings is 2. The molecule has 4 heteroatoms. The van der Waals surface area contributed by atoms with Gasteiger partial charge in [-0.05, 0) is 55.5 Å². The van der Waals surface area contributed by atoms with E-state index in [1.807, 2.05) is 42.5 Å². The molecule has 0 saturated carbocycles. The maximum atomic E-state index is 6.10. The molecule has 0 radical (unpaired) electrons. The summed E-state index contributed by atoms with van der Waals surface area (Å²) in [5.74, 6) is 1.56. The van der Waals surface area contributed by atoms with Gasteiger partial charge in [0.05, 0.1) is 18.3 Å². The highest BCUT2D eigenvalue weighted by atomic mass is 16.7. The molecule has 4 nitrogen and oxygen atoms in total. The first-order valence-electron chi connectivity index (χ1n) is 9.14. The number of hydrogen-bond acceptors (Lipinski definition) is 4. The quantitative estimate of drug-likeness (QED) is 0.620. The third kappa shape index (κ3) is 3.87. The van der Waals surface area contributed by atoms with Crippen LogP contribution in [0.1, 0.15) is 30.4 Å². The summed E-state index contributed by atoms with van der Waals surface area (Å²) in [6, 6.07) is 16.1. The Morgan fingerprint density at radius 1 is 1.12 bits per heavy atom. The van der Waals surface area contributed by atoms with Gasteiger partial charge in [-0.2, -0.15) is 0 Å². The lowest BCUT2D eigenvalue weighted by molar-refractivity contribution is -0.169. The van der Waals surface area contributed by atoms with Crippen molar-refractivity contribution >= 4 is 10.9 Å². The zero-order chi connectivity index (χ0) is 17.8. The van der Waals surface area contributed by atoms with E-state index >= 15 is 0 Å². The fourth-order valence-corrected chi connectivity index (χ4v) is 3.19. The minimum absolute atomic E-state index is 0.0857. The maximum Gasteiger partial charge on any atom is 0.158 e. The highest BCUT2D eigenvalue weighted by Gasteiger charge is 2.15. The Hall–Kier alpha value is -2.43. The molecule has 0 amide bonds. The maximum absolute atomic E-state index is 6.10. The molecule has 3 aromatic rings. The Bertz CT molecular complexity index is 887. The van der Waals surface area contributed by atoms with Gasteiger partial charge in [-0.3, -0.25) is 4.98 Å². The van der Waals surface area contributed by atoms with Gasteiger partial charge in [0, 0.05) is 12.0 Å². The molecule has 1 fully saturated rings. The first-order valence-corrected chi connectivity index (χ1v) is 9.14. The SMILES string of the molecule is Cc1c(COC2CCCCO2)cccc1Oc1cnc2ccccc2c1. The summed E-state index contributed by atoms with van der Waals surface area (Å²) < 4.78 is 17.7. The molecule has 1 atom stereocenters. The number of hydrogen-bond donors (Lipinski definition) is 0. The van der Waals surface area contributed by atoms with Crippen molar-refractivity contribution in [2.75, 3.05) is 6.61 Å². The summed E-state index contributed by atoms with van der Waals surface area (Å²) in [5.41, 5.74) is 3.16. The zero-order valence-electron chi connectivity index (χ0n) is 15.0. The first kappa shape index (κ1) is 17.0. The van der Waals surface area contributed by atoms with E-state index in [-0.39, 0.29) is 6.29 Å². The van der Waals surface area contributed by atoms with Crippen molar-refractivity contribution in [1.29, 1.82) is 0 Å². The fraction of sp³-hybridized carbons (Fsp3) is 0.318. The molecular weight excluding hydrogens is 326 g/mol. The zero-order valence-corrected chi connectivity index (χ0v) is 15.0. The van der Waals surface area contributed by atoms with Gasteiger partial charge in [0.2, 0.25) is 0 Å². The van der Waals surface area contributed by atoms with Crippen LogP contribution in [0.25, 0.3) is 10.9 Å². The summed E-state index contributed by atoms with van der Waals surface area (Å²) >= 11 is 0. The van der Waals surface area contributed by atoms with Gasteiger partial charge >= 0.3 is 0 Å². The Morgan fingerprint density at radius 2 is 2.04 bits per heavy atom. The Labute approximate surface area is 153 Å². The van der Waals surface area contributed by atoms with Gasteiger partial charge in [-0.1, -0.05) is 30.3 Å². The van der Waals surface area contributed by atoms with E-state index in [0.717, 1.165) is 53.0 Å². The van der Waals surface area contributed by atoms with Crippen molar-refractivity contribution in [2.45, 2.75) is 39.1 Å². The number of fused-ring (bicyclic) bond motifs is 1. The van der Waals surface area contributed by atoms with Crippen LogP contribution in [0.4, 0.5) is 0 Å². The Balaban J connectivity index is 1.49. The third-order valence-electron chi connectivity index (χ3n) is 4.75. The smallest absolute Gasteiger partial charge is 0.158 e. The molecule has 1 aliphatic rings. The van der Waals surface area contributed by atoms with Crippen LogP contribution in [0.3, 0.4) is 0 Å². The van der Waals surface area contributed by atoms with Gasteiger partial charge in [0.25, 0.3) is 0 Å². The van der Waals surface area contributed by atoms with Crippen LogP contribution < -0.4 is 4.74 Å². The number of nitrogens with zero attached hydrogens (tertiary/aromatic N) is 1. The van der Waals surface area contributed by atoms with E-state index in [2.05, 4.69) is 18.0 Å². The Morgan fingerprint density at radius 3 is 2.92 bits per heavy atom. The average Bonchev–Trinajstić information content (AvgIpc) is 2.69. The molecule has 1 aromatic heterocycles. The predicted molar refractivity (Wildman–Crippen MR) is 101 cm³/mol. The van der Waals surface area contributed by atoms with E-state index in [9.17, 15) is 0 Å². The van der Waals surface area contributed by atoms with Crippen LogP contribution in [0.15, 0.2) is 54.7 Å². The highest BCUT2D eigenvalue weighted by Crippen LogP contribution is 2.29. The number of ether oxygens (including phenoxy) is 3. The van der Waals surface area contributed by atoms with Gasteiger partial charge < -0.3 is 14.2 Å². The minimum atomic E-state index is -0.0857. The average molecular weight is 349 g/mol. The van der Waals surface area contributed by atoms with Crippen molar-refractivity contribution in [3.8, 4) is 11.5 Å². The van der Waals surface area contributed by atoms with Crippen LogP contribution >= 0.6 is 0 Å². The summed E-state index contributed by atoms with van der Waals surface area (Å²) in [6.07, 6.45) is 4.94. The van der Waals surface area contributed by atoms with Crippen LogP contribution in [0.2, 0.25) is 0 Å². The van der Waals surface area contributed by atoms with Crippen LogP contribution in [-0.4, -0.2) is 17.9 Å². The number of para-hydroxylation sites is 1. The monoisotopic (exact) mass is 349 g/mol. The lowest BCUT2D eigenvalue weighted by atomic mass is 10.1. The van der Waals surface area contributed by atoms with Gasteiger partial charge in [-0.25, -0.2) is 0 Å². The molecule has 0 N–H and O–H groups in total. The van der Waals surface area contributed by atoms with Crippen LogP contribution in [0, 0.1) is 6.92 Å². The van der Waals surface area contributed by atoms with Gasteiger partial charge in [-0.15, -0.1) is 0 Å². The number of rotatable bonds is 5. The predicted octanol–water partition coefficient (Wildman–Crippen LogP) is 5.38. The standard InChI is InChI=1S/C22H23NO3/c1-16-18(15-25-22-11-4-5-12-24-22)8-6-10-21(16)26-19-13-17-7-2-3-9-20(17)23-14-19/h2-3,6-10,13-14,22H,4-5,11-12,15H2,1H3. The molecular formula is C22H23NO3. The van der Waals surface area contributed by atoms with E-state index < -0.39 is 0 Å². The third-order valence-corrected chi connectivity index (χ3v) is 4.75. The molecule has 4 rings (SSSR count). The van der Waals surface area contributed by atoms with Gasteiger partial charge in [0.15, 0.2) is 6.29 Å². The molecule has 1 saturated heterocycles. The highest BCUT2D eigenvalue weighted by molar-refractivity contribution is 5.79. The second kappa shape index (κ2) is 7.85. The van der Waals surface area contributed by atoms with Crippen molar-refractivity contribution < 1.29 is 14.2 Å². The molecule has 1 aliphatic heterocycles. The molecule has 1 unspecified atom stereocenters. The number of pyridine rings is 1. The van der Waals surface area contributed by atoms with Crippen molar-refractivity contribution in [3.63, 3.8) is 0 Å². The molecule has 134 valence electrons. The van der Waals surface area contributed by atoms with Crippen LogP contribution in [0.5, 0.6) is 11.5 Å². The van der Waals surface area contributed by atoms with E-state index in [1.165, 1.54) is 6.42 Å². The topological polar surface area (TPSA) is 40.6 Å². The lowest BCUT2D eigenvalue weighted by Gasteiger charge is -2.23. The Kier molecular flexibility index (Phi) is 5.14. The second-order valence-corrected chi connectivity index (χ2v) is 6.61. The lowest BCUT2D eigenvalue weighted by Crippen LogP contribution is -2.22. The first-order chi connectivity index (χ1) is 12.8. The van der Waals surface area contributed by atoms with E-state index in [4.69, 9.17) is 14.2 Å². The molecule has 2 heterocycles. The normalized spacial score (nSPS) is 17.3. The van der Waals surface area contributed by atoms with Crippen molar-refractivity contribution in [1.82, 2.24) is 4.98 Å². The van der Waals surface area contributed by atoms with E-state index in [0.29, 0.717) is 6.61 Å². The molecule has 0 spiro atoms. The fourth-order valence-electron chi connectivity index (χ4n) is 3.19. The van der Waals surface area contributed by atoms with Crippen LogP contribution in [-0.2, 0) is 16.1 Å². The largest absolute Gasteiger partial charge is 0.455 e. The molecule has 0 bridgehead atoms. The second-order valence-electron chi connectivity index (χ2n) is 6.61. The van der Waals surface area contributed by atoms with Gasteiger partial charge in [0.1, 0.15) is 11.5 Å². The minimum Gasteiger partial charge on any atom is -0.455 e.